The van der Waals surface area contributed by atoms with Crippen LogP contribution < -0.4 is 5.32 Å². The van der Waals surface area contributed by atoms with Gasteiger partial charge in [0, 0.05) is 24.8 Å². The number of allylic oxidation sites excluding steroid dienone is 2. The molecule has 6 aliphatic carbocycles. The number of hydrogen-bond acceptors (Lipinski definition) is 4. The van der Waals surface area contributed by atoms with Crippen LogP contribution in [0.5, 0.6) is 0 Å². The zero-order chi connectivity index (χ0) is 29.3. The minimum absolute atomic E-state index is 0.0122. The summed E-state index contributed by atoms with van der Waals surface area (Å²) in [4.78, 5) is 40.7. The summed E-state index contributed by atoms with van der Waals surface area (Å²) in [5, 5.41) is 13.1. The van der Waals surface area contributed by atoms with Gasteiger partial charge >= 0.3 is 0 Å². The molecular weight excluding hydrogens is 496 g/mol. The molecule has 0 spiro atoms. The van der Waals surface area contributed by atoms with Crippen molar-refractivity contribution >= 4 is 17.5 Å². The van der Waals surface area contributed by atoms with E-state index in [1.54, 1.807) is 7.05 Å². The molecule has 5 nitrogen and oxygen atoms in total. The highest BCUT2D eigenvalue weighted by atomic mass is 16.1. The van der Waals surface area contributed by atoms with Crippen LogP contribution in [0, 0.1) is 72.9 Å². The zero-order valence-electron chi connectivity index (χ0n) is 26.1. The molecule has 0 aromatic rings. The summed E-state index contributed by atoms with van der Waals surface area (Å²) in [6.45, 7) is 16.0. The highest BCUT2D eigenvalue weighted by Crippen LogP contribution is 2.81. The van der Waals surface area contributed by atoms with E-state index in [0.717, 1.165) is 51.4 Å². The van der Waals surface area contributed by atoms with Crippen molar-refractivity contribution in [1.82, 2.24) is 5.32 Å². The van der Waals surface area contributed by atoms with Gasteiger partial charge < -0.3 is 5.32 Å². The monoisotopic (exact) mass is 546 g/mol. The average Bonchev–Trinajstić information content (AvgIpc) is 3.65. The number of Topliss-reactive ketones (excluding diaryl/α,β-unsaturated/α-hetero) is 1. The zero-order valence-corrected chi connectivity index (χ0v) is 26.1. The van der Waals surface area contributed by atoms with Gasteiger partial charge in [0.25, 0.3) is 0 Å². The third kappa shape index (κ3) is 3.18. The molecule has 0 bridgehead atoms. The predicted octanol–water partition coefficient (Wildman–Crippen LogP) is 6.81. The van der Waals surface area contributed by atoms with Crippen LogP contribution in [0.15, 0.2) is 11.6 Å². The lowest BCUT2D eigenvalue weighted by molar-refractivity contribution is -0.179. The molecule has 1 amide bonds. The molecule has 0 aromatic carbocycles. The maximum atomic E-state index is 14.7. The molecule has 6 rings (SSSR count). The van der Waals surface area contributed by atoms with Crippen molar-refractivity contribution in [3.63, 3.8) is 0 Å². The van der Waals surface area contributed by atoms with E-state index in [1.165, 1.54) is 5.57 Å². The van der Waals surface area contributed by atoms with Crippen LogP contribution in [-0.4, -0.2) is 24.5 Å². The van der Waals surface area contributed by atoms with E-state index < -0.39 is 10.8 Å². The van der Waals surface area contributed by atoms with Gasteiger partial charge in [-0.2, -0.15) is 5.26 Å². The number of fused-ring (bicyclic) bond motifs is 9. The summed E-state index contributed by atoms with van der Waals surface area (Å²) in [7, 11) is 1.72. The van der Waals surface area contributed by atoms with E-state index in [1.807, 2.05) is 0 Å². The molecule has 0 saturated heterocycles. The number of nitriles is 1. The second kappa shape index (κ2) is 8.11. The number of carbonyl (C=O) groups is 3. The fraction of sp³-hybridized carbons (Fsp3) is 0.829. The van der Waals surface area contributed by atoms with Crippen molar-refractivity contribution in [3.05, 3.63) is 11.6 Å². The quantitative estimate of drug-likeness (QED) is 0.421. The summed E-state index contributed by atoms with van der Waals surface area (Å²) < 4.78 is 0. The second-order valence-corrected chi connectivity index (χ2v) is 17.0. The Morgan fingerprint density at radius 1 is 0.975 bits per heavy atom. The molecule has 9 atom stereocenters. The summed E-state index contributed by atoms with van der Waals surface area (Å²) in [6, 6.07) is 2.49. The Morgan fingerprint density at radius 3 is 2.30 bits per heavy atom. The highest BCUT2D eigenvalue weighted by Gasteiger charge is 2.80. The summed E-state index contributed by atoms with van der Waals surface area (Å²) in [5.41, 5.74) is -0.616. The third-order valence-electron chi connectivity index (χ3n) is 14.6. The molecule has 5 saturated carbocycles. The Balaban J connectivity index is 1.47. The van der Waals surface area contributed by atoms with Crippen molar-refractivity contribution in [2.75, 3.05) is 7.05 Å². The molecule has 5 heteroatoms. The number of ketones is 2. The predicted molar refractivity (Wildman–Crippen MR) is 155 cm³/mol. The first-order valence-corrected chi connectivity index (χ1v) is 15.9. The first kappa shape index (κ1) is 28.2. The van der Waals surface area contributed by atoms with Crippen molar-refractivity contribution in [2.45, 2.75) is 113 Å². The van der Waals surface area contributed by atoms with Crippen LogP contribution >= 0.6 is 0 Å². The standard InChI is InChI=1S/C35H50N2O3/c1-29(2)13-15-34(12-10-26(39)37-8)16-14-32(6)27(21(34)18-29)22(38)17-24-31(32,5)11-9-23-30(3,4)28(40)35(20-36)19-25(35)33(23,24)7/h17,21,23,25,27H,9-16,18-19H2,1-8H3,(H,37,39)/t21?,23-,25+,27?,31+,32+,33-,34+,35-/m0/s1. The number of carbonyl (C=O) groups excluding carboxylic acids is 3. The second-order valence-electron chi connectivity index (χ2n) is 17.0. The molecule has 2 unspecified atom stereocenters. The summed E-state index contributed by atoms with van der Waals surface area (Å²) >= 11 is 0. The van der Waals surface area contributed by atoms with Gasteiger partial charge in [0.15, 0.2) is 11.6 Å². The van der Waals surface area contributed by atoms with E-state index in [4.69, 9.17) is 0 Å². The number of nitrogens with one attached hydrogen (secondary N) is 1. The van der Waals surface area contributed by atoms with Gasteiger partial charge in [-0.25, -0.2) is 0 Å². The molecule has 40 heavy (non-hydrogen) atoms. The van der Waals surface area contributed by atoms with Gasteiger partial charge in [-0.3, -0.25) is 14.4 Å². The molecule has 5 fully saturated rings. The molecule has 0 aromatic heterocycles. The smallest absolute Gasteiger partial charge is 0.219 e. The van der Waals surface area contributed by atoms with Crippen molar-refractivity contribution in [2.24, 2.45) is 61.6 Å². The van der Waals surface area contributed by atoms with E-state index in [2.05, 4.69) is 65.9 Å². The van der Waals surface area contributed by atoms with Crippen LogP contribution in [0.4, 0.5) is 0 Å². The minimum Gasteiger partial charge on any atom is -0.359 e. The van der Waals surface area contributed by atoms with Gasteiger partial charge in [0.1, 0.15) is 5.41 Å². The fourth-order valence-electron chi connectivity index (χ4n) is 12.1. The third-order valence-corrected chi connectivity index (χ3v) is 14.6. The molecule has 0 radical (unpaired) electrons. The molecule has 0 aliphatic heterocycles. The lowest BCUT2D eigenvalue weighted by Gasteiger charge is -2.70. The Morgan fingerprint density at radius 2 is 1.65 bits per heavy atom. The highest BCUT2D eigenvalue weighted by molar-refractivity contribution is 5.99. The first-order chi connectivity index (χ1) is 18.5. The maximum Gasteiger partial charge on any atom is 0.219 e. The lowest BCUT2D eigenvalue weighted by Crippen LogP contribution is -2.66. The van der Waals surface area contributed by atoms with Crippen LogP contribution in [-0.2, 0) is 14.4 Å². The Hall–Kier alpha value is -1.96. The maximum absolute atomic E-state index is 14.7. The van der Waals surface area contributed by atoms with E-state index in [9.17, 15) is 19.6 Å². The van der Waals surface area contributed by atoms with E-state index in [-0.39, 0.29) is 68.2 Å². The molecule has 218 valence electrons. The van der Waals surface area contributed by atoms with Crippen LogP contribution in [0.25, 0.3) is 0 Å². The number of amides is 1. The first-order valence-electron chi connectivity index (χ1n) is 15.9. The number of nitrogens with zero attached hydrogens (tertiary/aromatic N) is 1. The minimum atomic E-state index is -0.885. The fourth-order valence-corrected chi connectivity index (χ4v) is 12.1. The average molecular weight is 547 g/mol. The molecule has 0 heterocycles. The van der Waals surface area contributed by atoms with E-state index >= 15 is 0 Å². The van der Waals surface area contributed by atoms with Crippen LogP contribution in [0.2, 0.25) is 0 Å². The topological polar surface area (TPSA) is 87.0 Å². The largest absolute Gasteiger partial charge is 0.359 e. The normalized spacial score (nSPS) is 49.6. The van der Waals surface area contributed by atoms with Gasteiger partial charge in [-0.15, -0.1) is 0 Å². The Bertz CT molecular complexity index is 1270. The van der Waals surface area contributed by atoms with Gasteiger partial charge in [-0.05, 0) is 109 Å². The molecular formula is C35H50N2O3. The van der Waals surface area contributed by atoms with Crippen LogP contribution in [0.3, 0.4) is 0 Å². The number of rotatable bonds is 3. The van der Waals surface area contributed by atoms with E-state index in [0.29, 0.717) is 12.8 Å². The summed E-state index contributed by atoms with van der Waals surface area (Å²) in [5.74, 6) is 0.903. The van der Waals surface area contributed by atoms with Crippen molar-refractivity contribution in [3.8, 4) is 6.07 Å². The molecule has 1 N–H and O–H groups in total. The van der Waals surface area contributed by atoms with Gasteiger partial charge in [0.2, 0.25) is 5.91 Å². The number of hydrogen-bond donors (Lipinski definition) is 1. The Kier molecular flexibility index (Phi) is 5.71. The SMILES string of the molecule is CNC(=O)CC[C@]12CCC(C)(C)CC1C1C(=O)C=C3[C@@]4(C)[C@H]5C[C@@]5(C#N)C(=O)C(C)(C)[C@@H]4CC[C@@]3(C)[C@]1(C)CC2. The summed E-state index contributed by atoms with van der Waals surface area (Å²) in [6.07, 6.45) is 11.4. The molecule has 6 aliphatic rings. The van der Waals surface area contributed by atoms with Crippen LogP contribution in [0.1, 0.15) is 113 Å². The van der Waals surface area contributed by atoms with Gasteiger partial charge in [-0.1, -0.05) is 54.0 Å². The Labute approximate surface area is 241 Å². The van der Waals surface area contributed by atoms with Crippen molar-refractivity contribution < 1.29 is 14.4 Å². The van der Waals surface area contributed by atoms with Gasteiger partial charge in [0.05, 0.1) is 6.07 Å². The van der Waals surface area contributed by atoms with Crippen molar-refractivity contribution in [1.29, 1.82) is 5.26 Å². The lowest BCUT2D eigenvalue weighted by atomic mass is 9.33.